The lowest BCUT2D eigenvalue weighted by atomic mass is 9.97. The Bertz CT molecular complexity index is 1290. The fraction of sp³-hybridized carbons (Fsp3) is 0.500. The predicted octanol–water partition coefficient (Wildman–Crippen LogP) is -0.577. The molecule has 0 radical (unpaired) electrons. The minimum absolute atomic E-state index is 0.0303. The third-order valence-electron chi connectivity index (χ3n) is 7.52. The van der Waals surface area contributed by atoms with Crippen LogP contribution in [0.4, 0.5) is 0 Å². The van der Waals surface area contributed by atoms with E-state index in [0.717, 1.165) is 6.08 Å². The Morgan fingerprint density at radius 1 is 0.889 bits per heavy atom. The van der Waals surface area contributed by atoms with Crippen LogP contribution in [0.25, 0.3) is 6.08 Å². The molecule has 0 bridgehead atoms. The van der Waals surface area contributed by atoms with E-state index in [1.807, 2.05) is 0 Å². The molecule has 45 heavy (non-hydrogen) atoms. The molecule has 0 amide bonds. The van der Waals surface area contributed by atoms with Crippen LogP contribution < -0.4 is 0 Å². The Hall–Kier alpha value is -3.35. The van der Waals surface area contributed by atoms with Crippen molar-refractivity contribution in [3.63, 3.8) is 0 Å². The van der Waals surface area contributed by atoms with Gasteiger partial charge in [-0.15, -0.1) is 0 Å². The first-order chi connectivity index (χ1) is 21.4. The molecule has 0 saturated carbocycles. The zero-order chi connectivity index (χ0) is 32.8. The first kappa shape index (κ1) is 34.5. The van der Waals surface area contributed by atoms with Gasteiger partial charge in [-0.2, -0.15) is 0 Å². The molecule has 2 aromatic rings. The number of carbonyl (C=O) groups is 1. The summed E-state index contributed by atoms with van der Waals surface area (Å²) >= 11 is 0. The molecular weight excluding hydrogens is 600 g/mol. The van der Waals surface area contributed by atoms with Gasteiger partial charge in [0.2, 0.25) is 0 Å². The van der Waals surface area contributed by atoms with Crippen molar-refractivity contribution < 1.29 is 74.1 Å². The van der Waals surface area contributed by atoms with E-state index in [9.17, 15) is 45.6 Å². The fourth-order valence-corrected chi connectivity index (χ4v) is 4.90. The van der Waals surface area contributed by atoms with Crippen LogP contribution >= 0.6 is 0 Å². The van der Waals surface area contributed by atoms with E-state index in [0.29, 0.717) is 11.1 Å². The summed E-state index contributed by atoms with van der Waals surface area (Å²) in [6, 6.07) is 9.93. The Kier molecular flexibility index (Phi) is 11.7. The standard InChI is InChI=1S/C30H38O15/c1-14-23(36)24(37)25(38)30(42-14)45-28-26(39)29(41-13-21(40-2)16-6-9-18(33)19(34)11-16)43-20(12-31)27(28)44-22(35)10-5-15-3-7-17(32)8-4-15/h3-11,14,20-21,23-34,36-39H,12-13H2,1-2H3/b10-5+/t14-,20+,21+,23-,24+,25+,26+,27+,28+,29+,30-/m0/s1. The third kappa shape index (κ3) is 8.28. The summed E-state index contributed by atoms with van der Waals surface area (Å²) in [5.74, 6) is -1.63. The number of aliphatic hydroxyl groups excluding tert-OH is 5. The van der Waals surface area contributed by atoms with Gasteiger partial charge in [0.25, 0.3) is 0 Å². The van der Waals surface area contributed by atoms with Gasteiger partial charge in [0.05, 0.1) is 19.3 Å². The van der Waals surface area contributed by atoms with Gasteiger partial charge in [-0.25, -0.2) is 4.79 Å². The maximum absolute atomic E-state index is 12.8. The molecule has 0 aromatic heterocycles. The molecule has 2 aromatic carbocycles. The van der Waals surface area contributed by atoms with Crippen LogP contribution in [-0.4, -0.2) is 129 Å². The molecule has 2 aliphatic heterocycles. The van der Waals surface area contributed by atoms with Gasteiger partial charge in [0, 0.05) is 13.2 Å². The summed E-state index contributed by atoms with van der Waals surface area (Å²) in [5, 5.41) is 81.4. The Labute approximate surface area is 258 Å². The maximum atomic E-state index is 12.8. The van der Waals surface area contributed by atoms with E-state index in [2.05, 4.69) is 0 Å². The molecule has 2 heterocycles. The van der Waals surface area contributed by atoms with E-state index >= 15 is 0 Å². The minimum Gasteiger partial charge on any atom is -0.508 e. The normalized spacial score (nSPS) is 32.8. The number of rotatable bonds is 11. The van der Waals surface area contributed by atoms with Gasteiger partial charge >= 0.3 is 5.97 Å². The summed E-state index contributed by atoms with van der Waals surface area (Å²) in [7, 11) is 1.36. The monoisotopic (exact) mass is 638 g/mol. The smallest absolute Gasteiger partial charge is 0.331 e. The summed E-state index contributed by atoms with van der Waals surface area (Å²) in [6.07, 6.45) is -13.5. The van der Waals surface area contributed by atoms with Crippen molar-refractivity contribution in [2.75, 3.05) is 20.3 Å². The molecular formula is C30H38O15. The van der Waals surface area contributed by atoms with Gasteiger partial charge in [0.1, 0.15) is 48.5 Å². The van der Waals surface area contributed by atoms with Crippen molar-refractivity contribution in [2.24, 2.45) is 0 Å². The van der Waals surface area contributed by atoms with Crippen LogP contribution in [0.2, 0.25) is 0 Å². The van der Waals surface area contributed by atoms with Crippen molar-refractivity contribution >= 4 is 12.0 Å². The fourth-order valence-electron chi connectivity index (χ4n) is 4.90. The second-order valence-electron chi connectivity index (χ2n) is 10.6. The predicted molar refractivity (Wildman–Crippen MR) is 151 cm³/mol. The van der Waals surface area contributed by atoms with Crippen LogP contribution in [0.3, 0.4) is 0 Å². The molecule has 8 N–H and O–H groups in total. The number of ether oxygens (including phenoxy) is 6. The largest absolute Gasteiger partial charge is 0.508 e. The van der Waals surface area contributed by atoms with Crippen molar-refractivity contribution in [3.8, 4) is 17.2 Å². The van der Waals surface area contributed by atoms with Crippen molar-refractivity contribution in [3.05, 3.63) is 59.7 Å². The molecule has 2 fully saturated rings. The van der Waals surface area contributed by atoms with Crippen LogP contribution in [-0.2, 0) is 33.2 Å². The van der Waals surface area contributed by atoms with Gasteiger partial charge in [-0.3, -0.25) is 0 Å². The van der Waals surface area contributed by atoms with E-state index in [4.69, 9.17) is 28.4 Å². The lowest BCUT2D eigenvalue weighted by Crippen LogP contribution is -2.65. The Balaban J connectivity index is 1.55. The molecule has 15 nitrogen and oxygen atoms in total. The molecule has 0 unspecified atom stereocenters. The zero-order valence-corrected chi connectivity index (χ0v) is 24.4. The average Bonchev–Trinajstić information content (AvgIpc) is 3.02. The molecule has 2 saturated heterocycles. The van der Waals surface area contributed by atoms with Gasteiger partial charge in [-0.05, 0) is 48.4 Å². The lowest BCUT2D eigenvalue weighted by molar-refractivity contribution is -0.358. The number of phenols is 3. The highest BCUT2D eigenvalue weighted by atomic mass is 16.7. The molecule has 2 aliphatic rings. The van der Waals surface area contributed by atoms with Crippen molar-refractivity contribution in [2.45, 2.75) is 74.4 Å². The maximum Gasteiger partial charge on any atom is 0.331 e. The van der Waals surface area contributed by atoms with E-state index < -0.39 is 85.8 Å². The van der Waals surface area contributed by atoms with Gasteiger partial charge in [-0.1, -0.05) is 18.2 Å². The number of aliphatic hydroxyl groups is 5. The molecule has 4 rings (SSSR count). The van der Waals surface area contributed by atoms with Crippen LogP contribution in [0.1, 0.15) is 24.2 Å². The second-order valence-corrected chi connectivity index (χ2v) is 10.6. The molecule has 11 atom stereocenters. The lowest BCUT2D eigenvalue weighted by Gasteiger charge is -2.46. The van der Waals surface area contributed by atoms with Crippen LogP contribution in [0.15, 0.2) is 48.5 Å². The first-order valence-corrected chi connectivity index (χ1v) is 14.1. The zero-order valence-electron chi connectivity index (χ0n) is 24.4. The number of hydrogen-bond acceptors (Lipinski definition) is 15. The topological polar surface area (TPSA) is 234 Å². The number of esters is 1. The number of phenolic OH excluding ortho intramolecular Hbond substituents is 3. The van der Waals surface area contributed by atoms with Crippen molar-refractivity contribution in [1.29, 1.82) is 0 Å². The first-order valence-electron chi connectivity index (χ1n) is 14.1. The SMILES string of the molecule is CO[C@H](CO[C@@H]1O[C@H](CO)[C@@H](OC(=O)/C=C/c2ccc(O)cc2)[C@H](O[C@@H]2O[C@@H](C)[C@H](O)[C@@H](O)[C@H]2O)[C@H]1O)c1ccc(O)c(O)c1. The van der Waals surface area contributed by atoms with Gasteiger partial charge in [0.15, 0.2) is 30.2 Å². The third-order valence-corrected chi connectivity index (χ3v) is 7.52. The molecule has 0 spiro atoms. The van der Waals surface area contributed by atoms with Crippen molar-refractivity contribution in [1.82, 2.24) is 0 Å². The highest BCUT2D eigenvalue weighted by molar-refractivity contribution is 5.87. The summed E-state index contributed by atoms with van der Waals surface area (Å²) < 4.78 is 33.9. The number of hydrogen-bond donors (Lipinski definition) is 8. The summed E-state index contributed by atoms with van der Waals surface area (Å²) in [4.78, 5) is 12.8. The Morgan fingerprint density at radius 2 is 1.60 bits per heavy atom. The summed E-state index contributed by atoms with van der Waals surface area (Å²) in [5.41, 5.74) is 0.969. The molecule has 0 aliphatic carbocycles. The number of carbonyl (C=O) groups excluding carboxylic acids is 1. The summed E-state index contributed by atoms with van der Waals surface area (Å²) in [6.45, 7) is 0.422. The van der Waals surface area contributed by atoms with E-state index in [1.54, 1.807) is 12.1 Å². The highest BCUT2D eigenvalue weighted by Gasteiger charge is 2.52. The second kappa shape index (κ2) is 15.3. The quantitative estimate of drug-likeness (QED) is 0.0874. The van der Waals surface area contributed by atoms with Crippen LogP contribution in [0.5, 0.6) is 17.2 Å². The molecule has 15 heteroatoms. The number of benzene rings is 2. The molecule has 248 valence electrons. The average molecular weight is 639 g/mol. The number of aromatic hydroxyl groups is 3. The van der Waals surface area contributed by atoms with E-state index in [1.165, 1.54) is 50.4 Å². The Morgan fingerprint density at radius 3 is 2.24 bits per heavy atom. The van der Waals surface area contributed by atoms with Gasteiger partial charge < -0.3 is 69.3 Å². The van der Waals surface area contributed by atoms with E-state index in [-0.39, 0.29) is 18.1 Å². The highest BCUT2D eigenvalue weighted by Crippen LogP contribution is 2.33. The minimum atomic E-state index is -1.77. The number of methoxy groups -OCH3 is 1. The van der Waals surface area contributed by atoms with Crippen LogP contribution in [0, 0.1) is 0 Å².